The highest BCUT2D eigenvalue weighted by atomic mass is 16.5. The van der Waals surface area contributed by atoms with E-state index in [2.05, 4.69) is 18.9 Å². The molecule has 1 aromatic heterocycles. The van der Waals surface area contributed by atoms with Crippen LogP contribution in [0.1, 0.15) is 45.1 Å². The number of hydrogen-bond donors (Lipinski definition) is 1. The highest BCUT2D eigenvalue weighted by Gasteiger charge is 2.40. The molecule has 1 unspecified atom stereocenters. The summed E-state index contributed by atoms with van der Waals surface area (Å²) in [7, 11) is 1.94. The van der Waals surface area contributed by atoms with Gasteiger partial charge < -0.3 is 10.5 Å². The molecule has 0 radical (unpaired) electrons. The molecule has 4 nitrogen and oxygen atoms in total. The third kappa shape index (κ3) is 3.37. The van der Waals surface area contributed by atoms with Crippen LogP contribution in [-0.4, -0.2) is 28.0 Å². The molecule has 1 saturated carbocycles. The lowest BCUT2D eigenvalue weighted by molar-refractivity contribution is -0.0883. The number of nitrogens with two attached hydrogens (primary N) is 1. The summed E-state index contributed by atoms with van der Waals surface area (Å²) < 4.78 is 7.94. The van der Waals surface area contributed by atoms with Crippen LogP contribution in [0.4, 0.5) is 0 Å². The molecule has 2 N–H and O–H groups in total. The molecular weight excluding hydrogens is 238 g/mol. The Kier molecular flexibility index (Phi) is 4.63. The van der Waals surface area contributed by atoms with Crippen LogP contribution in [-0.2, 0) is 18.2 Å². The van der Waals surface area contributed by atoms with Gasteiger partial charge in [0.2, 0.25) is 0 Å². The average Bonchev–Trinajstić information content (AvgIpc) is 2.78. The second-order valence-corrected chi connectivity index (χ2v) is 6.01. The van der Waals surface area contributed by atoms with Gasteiger partial charge in [0.1, 0.15) is 0 Å². The van der Waals surface area contributed by atoms with Gasteiger partial charge in [-0.05, 0) is 50.5 Å². The first kappa shape index (κ1) is 14.5. The first-order chi connectivity index (χ1) is 9.05. The highest BCUT2D eigenvalue weighted by molar-refractivity contribution is 5.09. The van der Waals surface area contributed by atoms with Crippen LogP contribution in [0.25, 0.3) is 0 Å². The summed E-state index contributed by atoms with van der Waals surface area (Å²) >= 11 is 0. The van der Waals surface area contributed by atoms with Crippen LogP contribution in [0.15, 0.2) is 12.4 Å². The summed E-state index contributed by atoms with van der Waals surface area (Å²) in [5, 5.41) is 4.22. The first-order valence-corrected chi connectivity index (χ1v) is 7.43. The molecule has 19 heavy (non-hydrogen) atoms. The van der Waals surface area contributed by atoms with Crippen molar-refractivity contribution in [3.8, 4) is 0 Å². The number of hydrogen-bond acceptors (Lipinski definition) is 3. The SMILES string of the molecule is CCOC1(C(N)Cc2cnn(C)c2)CCC(C)CC1. The topological polar surface area (TPSA) is 53.1 Å². The lowest BCUT2D eigenvalue weighted by atomic mass is 9.74. The molecule has 108 valence electrons. The first-order valence-electron chi connectivity index (χ1n) is 7.43. The van der Waals surface area contributed by atoms with Gasteiger partial charge in [-0.2, -0.15) is 5.10 Å². The maximum atomic E-state index is 6.49. The Morgan fingerprint density at radius 1 is 1.53 bits per heavy atom. The maximum absolute atomic E-state index is 6.49. The Morgan fingerprint density at radius 2 is 2.21 bits per heavy atom. The minimum absolute atomic E-state index is 0.0594. The van der Waals surface area contributed by atoms with Crippen molar-refractivity contribution in [2.45, 2.75) is 57.6 Å². The Morgan fingerprint density at radius 3 is 2.74 bits per heavy atom. The Labute approximate surface area is 116 Å². The zero-order valence-electron chi connectivity index (χ0n) is 12.4. The third-order valence-corrected chi connectivity index (χ3v) is 4.44. The van der Waals surface area contributed by atoms with Gasteiger partial charge in [-0.1, -0.05) is 6.92 Å². The zero-order chi connectivity index (χ0) is 13.9. The number of aryl methyl sites for hydroxylation is 1. The van der Waals surface area contributed by atoms with Crippen LogP contribution < -0.4 is 5.73 Å². The molecule has 0 aromatic carbocycles. The molecule has 0 aliphatic heterocycles. The summed E-state index contributed by atoms with van der Waals surface area (Å²) in [6, 6.07) is 0.0594. The fourth-order valence-corrected chi connectivity index (χ4v) is 3.18. The lowest BCUT2D eigenvalue weighted by Gasteiger charge is -2.43. The van der Waals surface area contributed by atoms with Gasteiger partial charge in [-0.3, -0.25) is 4.68 Å². The smallest absolute Gasteiger partial charge is 0.0835 e. The molecule has 0 spiro atoms. The van der Waals surface area contributed by atoms with Crippen LogP contribution in [0.3, 0.4) is 0 Å². The van der Waals surface area contributed by atoms with Crippen molar-refractivity contribution in [2.24, 2.45) is 18.7 Å². The Hall–Kier alpha value is -0.870. The van der Waals surface area contributed by atoms with E-state index in [0.29, 0.717) is 0 Å². The number of aromatic nitrogens is 2. The molecule has 0 saturated heterocycles. The predicted octanol–water partition coefficient (Wildman–Crippen LogP) is 2.28. The van der Waals surface area contributed by atoms with Crippen LogP contribution in [0.5, 0.6) is 0 Å². The van der Waals surface area contributed by atoms with Crippen molar-refractivity contribution < 1.29 is 4.74 Å². The summed E-state index contributed by atoms with van der Waals surface area (Å²) in [6.45, 7) is 5.13. The van der Waals surface area contributed by atoms with E-state index in [-0.39, 0.29) is 11.6 Å². The standard InChI is InChI=1S/C15H27N3O/c1-4-19-15(7-5-12(2)6-8-15)14(16)9-13-10-17-18(3)11-13/h10-12,14H,4-9,16H2,1-3H3. The second kappa shape index (κ2) is 6.06. The van der Waals surface area contributed by atoms with E-state index in [1.54, 1.807) is 0 Å². The molecule has 2 rings (SSSR count). The van der Waals surface area contributed by atoms with Crippen molar-refractivity contribution >= 4 is 0 Å². The highest BCUT2D eigenvalue weighted by Crippen LogP contribution is 2.37. The molecule has 1 atom stereocenters. The average molecular weight is 265 g/mol. The van der Waals surface area contributed by atoms with Gasteiger partial charge in [0.25, 0.3) is 0 Å². The third-order valence-electron chi connectivity index (χ3n) is 4.44. The normalized spacial score (nSPS) is 29.4. The van der Waals surface area contributed by atoms with E-state index in [9.17, 15) is 0 Å². The van der Waals surface area contributed by atoms with Crippen molar-refractivity contribution in [1.82, 2.24) is 9.78 Å². The Balaban J connectivity index is 2.05. The molecule has 1 aromatic rings. The van der Waals surface area contributed by atoms with Gasteiger partial charge in [0.15, 0.2) is 0 Å². The molecule has 1 aliphatic carbocycles. The molecule has 0 amide bonds. The van der Waals surface area contributed by atoms with Crippen LogP contribution in [0, 0.1) is 5.92 Å². The van der Waals surface area contributed by atoms with Gasteiger partial charge in [-0.25, -0.2) is 0 Å². The molecular formula is C15H27N3O. The molecule has 1 fully saturated rings. The molecule has 1 aliphatic rings. The minimum Gasteiger partial charge on any atom is -0.374 e. The summed E-state index contributed by atoms with van der Waals surface area (Å²) in [4.78, 5) is 0. The van der Waals surface area contributed by atoms with Crippen LogP contribution in [0.2, 0.25) is 0 Å². The monoisotopic (exact) mass is 265 g/mol. The fourth-order valence-electron chi connectivity index (χ4n) is 3.18. The van der Waals surface area contributed by atoms with E-state index in [1.807, 2.05) is 24.1 Å². The van der Waals surface area contributed by atoms with Gasteiger partial charge >= 0.3 is 0 Å². The fraction of sp³-hybridized carbons (Fsp3) is 0.800. The second-order valence-electron chi connectivity index (χ2n) is 6.01. The van der Waals surface area contributed by atoms with Crippen molar-refractivity contribution in [1.29, 1.82) is 0 Å². The van der Waals surface area contributed by atoms with Crippen molar-refractivity contribution in [3.63, 3.8) is 0 Å². The van der Waals surface area contributed by atoms with E-state index in [0.717, 1.165) is 31.8 Å². The van der Waals surface area contributed by atoms with E-state index in [1.165, 1.54) is 18.4 Å². The molecule has 1 heterocycles. The zero-order valence-corrected chi connectivity index (χ0v) is 12.4. The predicted molar refractivity (Wildman–Crippen MR) is 76.9 cm³/mol. The number of nitrogens with zero attached hydrogens (tertiary/aromatic N) is 2. The summed E-state index contributed by atoms with van der Waals surface area (Å²) in [5.74, 6) is 0.805. The van der Waals surface area contributed by atoms with E-state index in [4.69, 9.17) is 10.5 Å². The number of ether oxygens (including phenoxy) is 1. The number of rotatable bonds is 5. The van der Waals surface area contributed by atoms with Gasteiger partial charge in [0.05, 0.1) is 11.8 Å². The van der Waals surface area contributed by atoms with Gasteiger partial charge in [-0.15, -0.1) is 0 Å². The minimum atomic E-state index is -0.128. The van der Waals surface area contributed by atoms with Crippen molar-refractivity contribution in [2.75, 3.05) is 6.61 Å². The maximum Gasteiger partial charge on any atom is 0.0835 e. The molecule has 0 bridgehead atoms. The summed E-state index contributed by atoms with van der Waals surface area (Å²) in [6.07, 6.45) is 9.42. The van der Waals surface area contributed by atoms with Crippen molar-refractivity contribution in [3.05, 3.63) is 18.0 Å². The van der Waals surface area contributed by atoms with E-state index >= 15 is 0 Å². The van der Waals surface area contributed by atoms with Gasteiger partial charge in [0, 0.05) is 25.9 Å². The Bertz CT molecular complexity index is 394. The van der Waals surface area contributed by atoms with E-state index < -0.39 is 0 Å². The molecule has 4 heteroatoms. The largest absolute Gasteiger partial charge is 0.374 e. The summed E-state index contributed by atoms with van der Waals surface area (Å²) in [5.41, 5.74) is 7.57. The quantitative estimate of drug-likeness (QED) is 0.888. The van der Waals surface area contributed by atoms with Crippen LogP contribution >= 0.6 is 0 Å². The lowest BCUT2D eigenvalue weighted by Crippen LogP contribution is -2.53.